The number of ether oxygens (including phenoxy) is 1. The minimum atomic E-state index is 0.127. The lowest BCUT2D eigenvalue weighted by Crippen LogP contribution is -2.37. The highest BCUT2D eigenvalue weighted by Gasteiger charge is 2.34. The molecule has 9 heteroatoms. The number of anilines is 1. The van der Waals surface area contributed by atoms with Crippen LogP contribution < -0.4 is 4.90 Å². The van der Waals surface area contributed by atoms with E-state index in [1.807, 2.05) is 24.3 Å². The van der Waals surface area contributed by atoms with Crippen molar-refractivity contribution in [1.82, 2.24) is 14.9 Å². The third kappa shape index (κ3) is 4.11. The van der Waals surface area contributed by atoms with Gasteiger partial charge in [0.05, 0.1) is 22.8 Å². The van der Waals surface area contributed by atoms with Crippen molar-refractivity contribution in [3.63, 3.8) is 0 Å². The van der Waals surface area contributed by atoms with Crippen LogP contribution >= 0.6 is 23.2 Å². The monoisotopic (exact) mass is 471 g/mol. The second-order valence-corrected chi connectivity index (χ2v) is 9.18. The maximum atomic E-state index is 9.16. The quantitative estimate of drug-likeness (QED) is 0.483. The summed E-state index contributed by atoms with van der Waals surface area (Å²) in [5, 5.41) is 19.0. The van der Waals surface area contributed by atoms with Crippen LogP contribution in [0.5, 0.6) is 0 Å². The SMILES string of the molecule is Cn1nc(N2CCC(OCc3c(-c4c(Cl)cccc4Cl)noc3C3CC3)CC2)cc1C#N. The summed E-state index contributed by atoms with van der Waals surface area (Å²) in [4.78, 5) is 2.20. The van der Waals surface area contributed by atoms with Gasteiger partial charge in [0.2, 0.25) is 0 Å². The molecule has 0 radical (unpaired) electrons. The van der Waals surface area contributed by atoms with E-state index in [0.29, 0.717) is 39.5 Å². The molecule has 166 valence electrons. The van der Waals surface area contributed by atoms with Crippen molar-refractivity contribution < 1.29 is 9.26 Å². The number of benzene rings is 1. The third-order valence-corrected chi connectivity index (χ3v) is 6.81. The van der Waals surface area contributed by atoms with E-state index in [9.17, 15) is 0 Å². The zero-order valence-corrected chi connectivity index (χ0v) is 19.2. The molecule has 0 N–H and O–H groups in total. The number of nitriles is 1. The predicted octanol–water partition coefficient (Wildman–Crippen LogP) is 5.32. The molecule has 0 spiro atoms. The Morgan fingerprint density at radius 1 is 1.19 bits per heavy atom. The number of hydrogen-bond acceptors (Lipinski definition) is 6. The second kappa shape index (κ2) is 8.78. The van der Waals surface area contributed by atoms with E-state index in [1.165, 1.54) is 0 Å². The Balaban J connectivity index is 1.28. The van der Waals surface area contributed by atoms with Gasteiger partial charge >= 0.3 is 0 Å². The summed E-state index contributed by atoms with van der Waals surface area (Å²) in [5.41, 5.74) is 2.89. The average molecular weight is 472 g/mol. The summed E-state index contributed by atoms with van der Waals surface area (Å²) in [6.07, 6.45) is 4.09. The van der Waals surface area contributed by atoms with Crippen LogP contribution in [0.1, 0.15) is 48.6 Å². The Morgan fingerprint density at radius 3 is 2.53 bits per heavy atom. The Morgan fingerprint density at radius 2 is 1.91 bits per heavy atom. The number of rotatable bonds is 6. The van der Waals surface area contributed by atoms with Gasteiger partial charge in [-0.1, -0.05) is 34.4 Å². The van der Waals surface area contributed by atoms with Crippen molar-refractivity contribution in [2.75, 3.05) is 18.0 Å². The standard InChI is InChI=1S/C23H23Cl2N5O2/c1-29-15(12-26)11-20(27-29)30-9-7-16(8-10-30)31-13-17-22(28-32-23(17)14-5-6-14)21-18(24)3-2-4-19(21)25/h2-4,11,14,16H,5-10,13H2,1H3. The van der Waals surface area contributed by atoms with Crippen LogP contribution in [0.15, 0.2) is 28.8 Å². The summed E-state index contributed by atoms with van der Waals surface area (Å²) >= 11 is 12.9. The van der Waals surface area contributed by atoms with E-state index in [1.54, 1.807) is 11.7 Å². The van der Waals surface area contributed by atoms with E-state index < -0.39 is 0 Å². The summed E-state index contributed by atoms with van der Waals surface area (Å²) in [5.74, 6) is 2.13. The van der Waals surface area contributed by atoms with Gasteiger partial charge in [-0.15, -0.1) is 0 Å². The summed E-state index contributed by atoms with van der Waals surface area (Å²) in [7, 11) is 1.79. The molecule has 0 atom stereocenters. The second-order valence-electron chi connectivity index (χ2n) is 8.37. The number of halogens is 2. The largest absolute Gasteiger partial charge is 0.373 e. The minimum Gasteiger partial charge on any atom is -0.373 e. The van der Waals surface area contributed by atoms with Gasteiger partial charge in [0, 0.05) is 43.2 Å². The molecule has 2 aromatic heterocycles. The van der Waals surface area contributed by atoms with Gasteiger partial charge in [-0.05, 0) is 37.8 Å². The summed E-state index contributed by atoms with van der Waals surface area (Å²) in [6.45, 7) is 2.07. The van der Waals surface area contributed by atoms with Gasteiger partial charge in [0.15, 0.2) is 5.82 Å². The van der Waals surface area contributed by atoms with Crippen molar-refractivity contribution in [1.29, 1.82) is 5.26 Å². The average Bonchev–Trinajstić information content (AvgIpc) is 3.44. The van der Waals surface area contributed by atoms with Crippen molar-refractivity contribution in [3.8, 4) is 17.3 Å². The molecule has 0 unspecified atom stereocenters. The lowest BCUT2D eigenvalue weighted by atomic mass is 10.0. The number of piperidine rings is 1. The van der Waals surface area contributed by atoms with Crippen LogP contribution in [-0.4, -0.2) is 34.1 Å². The van der Waals surface area contributed by atoms with Crippen molar-refractivity contribution in [2.45, 2.75) is 44.3 Å². The molecule has 5 rings (SSSR count). The normalized spacial score (nSPS) is 17.0. The minimum absolute atomic E-state index is 0.127. The van der Waals surface area contributed by atoms with Crippen LogP contribution in [0.3, 0.4) is 0 Å². The van der Waals surface area contributed by atoms with Crippen LogP contribution in [0.2, 0.25) is 10.0 Å². The first-order valence-corrected chi connectivity index (χ1v) is 11.5. The first kappa shape index (κ1) is 21.3. The summed E-state index contributed by atoms with van der Waals surface area (Å²) < 4.78 is 13.7. The highest BCUT2D eigenvalue weighted by Crippen LogP contribution is 2.46. The first-order valence-electron chi connectivity index (χ1n) is 10.8. The predicted molar refractivity (Wildman–Crippen MR) is 122 cm³/mol. The van der Waals surface area contributed by atoms with Crippen LogP contribution in [0.25, 0.3) is 11.3 Å². The number of hydrogen-bond donors (Lipinski definition) is 0. The van der Waals surface area contributed by atoms with Gasteiger partial charge in [-0.25, -0.2) is 0 Å². The van der Waals surface area contributed by atoms with Crippen LogP contribution in [0.4, 0.5) is 5.82 Å². The van der Waals surface area contributed by atoms with E-state index in [0.717, 1.165) is 55.9 Å². The van der Waals surface area contributed by atoms with Gasteiger partial charge < -0.3 is 14.2 Å². The third-order valence-electron chi connectivity index (χ3n) is 6.18. The highest BCUT2D eigenvalue weighted by atomic mass is 35.5. The van der Waals surface area contributed by atoms with Gasteiger partial charge in [-0.3, -0.25) is 4.68 Å². The molecule has 3 aromatic rings. The van der Waals surface area contributed by atoms with Crippen molar-refractivity contribution in [2.24, 2.45) is 7.05 Å². The van der Waals surface area contributed by atoms with E-state index in [4.69, 9.17) is 37.7 Å². The molecule has 0 amide bonds. The fourth-order valence-electron chi connectivity index (χ4n) is 4.21. The molecule has 7 nitrogen and oxygen atoms in total. The first-order chi connectivity index (χ1) is 15.5. The Labute approximate surface area is 196 Å². The van der Waals surface area contributed by atoms with Gasteiger partial charge in [0.1, 0.15) is 23.2 Å². The molecule has 2 aliphatic rings. The molecule has 2 fully saturated rings. The van der Waals surface area contributed by atoms with Crippen LogP contribution in [-0.2, 0) is 18.4 Å². The topological polar surface area (TPSA) is 80.1 Å². The maximum absolute atomic E-state index is 9.16. The van der Waals surface area contributed by atoms with Crippen molar-refractivity contribution >= 4 is 29.0 Å². The van der Waals surface area contributed by atoms with E-state index in [2.05, 4.69) is 21.2 Å². The molecule has 1 aliphatic heterocycles. The van der Waals surface area contributed by atoms with E-state index in [-0.39, 0.29) is 6.10 Å². The zero-order valence-electron chi connectivity index (χ0n) is 17.7. The molecule has 1 aromatic carbocycles. The van der Waals surface area contributed by atoms with Gasteiger partial charge in [-0.2, -0.15) is 10.4 Å². The van der Waals surface area contributed by atoms with Crippen molar-refractivity contribution in [3.05, 3.63) is 51.3 Å². The van der Waals surface area contributed by atoms with Gasteiger partial charge in [0.25, 0.3) is 0 Å². The molecular weight excluding hydrogens is 449 g/mol. The Kier molecular flexibility index (Phi) is 5.85. The number of aryl methyl sites for hydroxylation is 1. The molecule has 1 saturated heterocycles. The van der Waals surface area contributed by atoms with E-state index >= 15 is 0 Å². The fourth-order valence-corrected chi connectivity index (χ4v) is 4.79. The fraction of sp³-hybridized carbons (Fsp3) is 0.435. The van der Waals surface area contributed by atoms with Crippen LogP contribution in [0, 0.1) is 11.3 Å². The Bertz CT molecular complexity index is 1150. The lowest BCUT2D eigenvalue weighted by molar-refractivity contribution is 0.0245. The smallest absolute Gasteiger partial charge is 0.151 e. The molecule has 3 heterocycles. The number of aromatic nitrogens is 3. The lowest BCUT2D eigenvalue weighted by Gasteiger charge is -2.32. The molecule has 32 heavy (non-hydrogen) atoms. The Hall–Kier alpha value is -2.53. The highest BCUT2D eigenvalue weighted by molar-refractivity contribution is 6.39. The molecule has 0 bridgehead atoms. The zero-order chi connectivity index (χ0) is 22.2. The molecule has 1 saturated carbocycles. The maximum Gasteiger partial charge on any atom is 0.151 e. The molecular formula is C23H23Cl2N5O2. The molecule has 1 aliphatic carbocycles. The summed E-state index contributed by atoms with van der Waals surface area (Å²) in [6, 6.07) is 9.43. The number of nitrogens with zero attached hydrogens (tertiary/aromatic N) is 5.